The number of urea groups is 1. The Morgan fingerprint density at radius 3 is 2.72 bits per heavy atom. The molecule has 1 aliphatic heterocycles. The number of likely N-dealkylation sites (tertiary alicyclic amines) is 1. The summed E-state index contributed by atoms with van der Waals surface area (Å²) in [5, 5.41) is 5.82. The van der Waals surface area contributed by atoms with Crippen LogP contribution in [-0.2, 0) is 0 Å². The minimum absolute atomic E-state index is 0.0597. The summed E-state index contributed by atoms with van der Waals surface area (Å²) in [6.45, 7) is 0.303. The Balaban J connectivity index is 1.82. The zero-order chi connectivity index (χ0) is 21.0. The fourth-order valence-electron chi connectivity index (χ4n) is 3.47. The second-order valence-electron chi connectivity index (χ2n) is 6.57. The Morgan fingerprint density at radius 1 is 1.41 bits per heavy atom. The quantitative estimate of drug-likeness (QED) is 0.700. The van der Waals surface area contributed by atoms with Crippen molar-refractivity contribution in [2.24, 2.45) is 0 Å². The highest BCUT2D eigenvalue weighted by Crippen LogP contribution is 2.33. The molecule has 0 radical (unpaired) electrons. The van der Waals surface area contributed by atoms with Crippen molar-refractivity contribution in [3.8, 4) is 5.75 Å². The van der Waals surface area contributed by atoms with Gasteiger partial charge in [-0.2, -0.15) is 0 Å². The molecule has 29 heavy (non-hydrogen) atoms. The molecule has 2 unspecified atom stereocenters. The van der Waals surface area contributed by atoms with Gasteiger partial charge in [-0.25, -0.2) is 22.9 Å². The molecule has 2 N–H and O–H groups in total. The molecule has 2 amide bonds. The molecule has 1 aromatic heterocycles. The van der Waals surface area contributed by atoms with Gasteiger partial charge in [0, 0.05) is 49.3 Å². The number of thiazole rings is 1. The van der Waals surface area contributed by atoms with Gasteiger partial charge in [-0.15, -0.1) is 0 Å². The van der Waals surface area contributed by atoms with Crippen LogP contribution in [0.1, 0.15) is 17.9 Å². The molecule has 1 aliphatic rings. The molecule has 1 aromatic carbocycles. The molecule has 6 nitrogen and oxygen atoms in total. The van der Waals surface area contributed by atoms with Crippen molar-refractivity contribution in [2.75, 3.05) is 38.7 Å². The van der Waals surface area contributed by atoms with Gasteiger partial charge in [-0.05, 0) is 6.42 Å². The summed E-state index contributed by atoms with van der Waals surface area (Å²) in [4.78, 5) is 18.0. The van der Waals surface area contributed by atoms with Gasteiger partial charge in [0.2, 0.25) is 0 Å². The number of benzene rings is 1. The van der Waals surface area contributed by atoms with Crippen LogP contribution in [0.5, 0.6) is 5.75 Å². The van der Waals surface area contributed by atoms with E-state index in [4.69, 9.17) is 16.3 Å². The molecule has 1 fully saturated rings. The van der Waals surface area contributed by atoms with E-state index in [2.05, 4.69) is 15.6 Å². The zero-order valence-corrected chi connectivity index (χ0v) is 17.1. The first kappa shape index (κ1) is 21.7. The minimum Gasteiger partial charge on any atom is -0.497 e. The number of aromatic nitrogens is 1. The number of rotatable bonds is 6. The van der Waals surface area contributed by atoms with Crippen LogP contribution in [0.25, 0.3) is 0 Å². The number of alkyl halides is 1. The van der Waals surface area contributed by atoms with Crippen molar-refractivity contribution < 1.29 is 22.7 Å². The third kappa shape index (κ3) is 5.31. The van der Waals surface area contributed by atoms with Gasteiger partial charge in [0.1, 0.15) is 29.1 Å². The highest BCUT2D eigenvalue weighted by molar-refractivity contribution is 7.19. The average molecular weight is 449 g/mol. The van der Waals surface area contributed by atoms with Crippen molar-refractivity contribution in [3.63, 3.8) is 0 Å². The first-order valence-corrected chi connectivity index (χ1v) is 10.1. The first-order valence-electron chi connectivity index (χ1n) is 8.91. The maximum Gasteiger partial charge on any atom is 0.320 e. The Hall–Kier alpha value is -2.04. The number of amides is 2. The Bertz CT molecular complexity index is 846. The molecule has 0 aliphatic carbocycles. The fourth-order valence-corrected chi connectivity index (χ4v) is 4.30. The number of nitrogens with one attached hydrogen (secondary N) is 2. The van der Waals surface area contributed by atoms with Crippen molar-refractivity contribution in [2.45, 2.75) is 18.4 Å². The number of nitrogens with zero attached hydrogens (tertiary/aromatic N) is 2. The predicted octanol–water partition coefficient (Wildman–Crippen LogP) is 4.03. The third-order valence-corrected chi connectivity index (χ3v) is 5.82. The predicted molar refractivity (Wildman–Crippen MR) is 106 cm³/mol. The lowest BCUT2D eigenvalue weighted by molar-refractivity contribution is 0.161. The van der Waals surface area contributed by atoms with Crippen LogP contribution in [0.3, 0.4) is 0 Å². The number of piperidine rings is 1. The molecule has 2 aromatic rings. The first-order chi connectivity index (χ1) is 13.9. The summed E-state index contributed by atoms with van der Waals surface area (Å²) in [6, 6.07) is 1.12. The molecule has 2 atom stereocenters. The fraction of sp³-hybridized carbons (Fsp3) is 0.444. The number of anilines is 1. The topological polar surface area (TPSA) is 66.5 Å². The van der Waals surface area contributed by atoms with Crippen LogP contribution in [0, 0.1) is 11.6 Å². The Labute approximate surface area is 175 Å². The maximum atomic E-state index is 14.7. The SMILES string of the molecule is COc1cc(F)c(C2CN(CCF)CCC2NC(=O)Nc2cnc(Cl)s2)c(F)c1. The molecule has 11 heteroatoms. The average Bonchev–Trinajstić information content (AvgIpc) is 3.07. The lowest BCUT2D eigenvalue weighted by Crippen LogP contribution is -2.51. The van der Waals surface area contributed by atoms with Crippen LogP contribution in [-0.4, -0.2) is 55.4 Å². The van der Waals surface area contributed by atoms with Crippen LogP contribution in [0.2, 0.25) is 4.47 Å². The van der Waals surface area contributed by atoms with E-state index in [1.54, 1.807) is 4.90 Å². The van der Waals surface area contributed by atoms with Crippen LogP contribution < -0.4 is 15.4 Å². The van der Waals surface area contributed by atoms with Gasteiger partial charge in [0.05, 0.1) is 13.3 Å². The lowest BCUT2D eigenvalue weighted by atomic mass is 9.85. The van der Waals surface area contributed by atoms with E-state index in [1.165, 1.54) is 13.3 Å². The Morgan fingerprint density at radius 2 is 2.14 bits per heavy atom. The molecule has 0 bridgehead atoms. The molecular formula is C18H20ClF3N4O2S. The van der Waals surface area contributed by atoms with Crippen LogP contribution in [0.4, 0.5) is 23.0 Å². The number of hydrogen-bond acceptors (Lipinski definition) is 5. The summed E-state index contributed by atoms with van der Waals surface area (Å²) in [6.07, 6.45) is 1.82. The summed E-state index contributed by atoms with van der Waals surface area (Å²) >= 11 is 6.84. The highest BCUT2D eigenvalue weighted by atomic mass is 35.5. The summed E-state index contributed by atoms with van der Waals surface area (Å²) in [7, 11) is 1.32. The smallest absolute Gasteiger partial charge is 0.320 e. The number of carbonyl (C=O) groups is 1. The van der Waals surface area contributed by atoms with E-state index in [0.29, 0.717) is 18.0 Å². The molecule has 1 saturated heterocycles. The minimum atomic E-state index is -0.768. The summed E-state index contributed by atoms with van der Waals surface area (Å²) in [5.74, 6) is -2.17. The molecule has 158 valence electrons. The maximum absolute atomic E-state index is 14.7. The number of hydrogen-bond donors (Lipinski definition) is 2. The van der Waals surface area contributed by atoms with E-state index in [0.717, 1.165) is 23.5 Å². The second-order valence-corrected chi connectivity index (χ2v) is 8.18. The van der Waals surface area contributed by atoms with E-state index in [-0.39, 0.29) is 28.9 Å². The molecular weight excluding hydrogens is 429 g/mol. The monoisotopic (exact) mass is 448 g/mol. The van der Waals surface area contributed by atoms with Gasteiger partial charge in [0.25, 0.3) is 0 Å². The Kier molecular flexibility index (Phi) is 7.20. The second kappa shape index (κ2) is 9.64. The third-order valence-electron chi connectivity index (χ3n) is 4.79. The van der Waals surface area contributed by atoms with Crippen molar-refractivity contribution >= 4 is 34.0 Å². The van der Waals surface area contributed by atoms with Gasteiger partial charge in [-0.1, -0.05) is 22.9 Å². The summed E-state index contributed by atoms with van der Waals surface area (Å²) in [5.41, 5.74) is -0.152. The lowest BCUT2D eigenvalue weighted by Gasteiger charge is -2.39. The molecule has 3 rings (SSSR count). The standard InChI is InChI=1S/C18H20ClF3N4O2S/c1-28-10-6-12(21)16(13(22)7-10)11-9-26(5-3-20)4-2-14(11)24-18(27)25-15-8-23-17(19)29-15/h6-8,11,14H,2-5,9H2,1H3,(H2,24,25,27). The van der Waals surface area contributed by atoms with E-state index in [1.807, 2.05) is 0 Å². The van der Waals surface area contributed by atoms with Gasteiger partial charge < -0.3 is 10.1 Å². The van der Waals surface area contributed by atoms with E-state index >= 15 is 0 Å². The molecule has 0 spiro atoms. The van der Waals surface area contributed by atoms with Gasteiger partial charge in [0.15, 0.2) is 4.47 Å². The van der Waals surface area contributed by atoms with E-state index in [9.17, 15) is 18.0 Å². The van der Waals surface area contributed by atoms with Crippen LogP contribution >= 0.6 is 22.9 Å². The van der Waals surface area contributed by atoms with Crippen molar-refractivity contribution in [3.05, 3.63) is 40.0 Å². The van der Waals surface area contributed by atoms with Crippen molar-refractivity contribution in [1.82, 2.24) is 15.2 Å². The number of halogens is 4. The summed E-state index contributed by atoms with van der Waals surface area (Å²) < 4.78 is 47.4. The normalized spacial score (nSPS) is 19.8. The number of methoxy groups -OCH3 is 1. The number of ether oxygens (including phenoxy) is 1. The zero-order valence-electron chi connectivity index (χ0n) is 15.6. The highest BCUT2D eigenvalue weighted by Gasteiger charge is 2.35. The molecule has 0 saturated carbocycles. The molecule has 2 heterocycles. The van der Waals surface area contributed by atoms with Gasteiger partial charge >= 0.3 is 6.03 Å². The van der Waals surface area contributed by atoms with Crippen LogP contribution in [0.15, 0.2) is 18.3 Å². The largest absolute Gasteiger partial charge is 0.497 e. The van der Waals surface area contributed by atoms with E-state index < -0.39 is 36.3 Å². The van der Waals surface area contributed by atoms with Gasteiger partial charge in [-0.3, -0.25) is 10.2 Å². The van der Waals surface area contributed by atoms with Crippen molar-refractivity contribution in [1.29, 1.82) is 0 Å². The number of carbonyl (C=O) groups excluding carboxylic acids is 1.